The van der Waals surface area contributed by atoms with Crippen LogP contribution >= 0.6 is 23.2 Å². The molecule has 1 aliphatic rings. The zero-order valence-electron chi connectivity index (χ0n) is 15.3. The first-order chi connectivity index (χ1) is 14.3. The quantitative estimate of drug-likeness (QED) is 0.568. The first-order valence-electron chi connectivity index (χ1n) is 9.00. The summed E-state index contributed by atoms with van der Waals surface area (Å²) >= 11 is 12.0. The summed E-state index contributed by atoms with van der Waals surface area (Å²) in [6.07, 6.45) is 0.0933. The van der Waals surface area contributed by atoms with Gasteiger partial charge in [-0.25, -0.2) is 22.8 Å². The molecule has 0 radical (unpaired) electrons. The highest BCUT2D eigenvalue weighted by molar-refractivity contribution is 6.32. The second-order valence-corrected chi connectivity index (χ2v) is 7.62. The van der Waals surface area contributed by atoms with Crippen LogP contribution in [0, 0.1) is 5.82 Å². The maximum absolute atomic E-state index is 13.9. The number of carbonyl (C=O) groups is 1. The maximum atomic E-state index is 13.9. The predicted octanol–water partition coefficient (Wildman–Crippen LogP) is 4.42. The Morgan fingerprint density at radius 1 is 1.27 bits per heavy atom. The van der Waals surface area contributed by atoms with Crippen LogP contribution < -0.4 is 5.32 Å². The lowest BCUT2D eigenvalue weighted by molar-refractivity contribution is -0.117. The minimum absolute atomic E-state index is 0.0206. The van der Waals surface area contributed by atoms with Gasteiger partial charge in [0.05, 0.1) is 17.3 Å². The van der Waals surface area contributed by atoms with E-state index < -0.39 is 23.8 Å². The number of carbonyl (C=O) groups excluding carboxylic acids is 1. The summed E-state index contributed by atoms with van der Waals surface area (Å²) < 4.78 is 42.6. The molecule has 0 unspecified atom stereocenters. The molecule has 0 spiro atoms. The standard InChI is InChI=1S/C18H15Cl2F3N6O/c19-11-2-1-3-12(21)10(11)6-28-8-24-18(27-28)25-13(30)7-29-16(9-4-5-9)14(20)15(26-29)17(22)23/h1-3,8-9,17H,4-7H2,(H,25,27,30). The van der Waals surface area contributed by atoms with Crippen molar-refractivity contribution in [2.24, 2.45) is 0 Å². The summed E-state index contributed by atoms with van der Waals surface area (Å²) in [7, 11) is 0. The van der Waals surface area contributed by atoms with Crippen molar-refractivity contribution < 1.29 is 18.0 Å². The molecular formula is C18H15Cl2F3N6O. The number of nitrogens with one attached hydrogen (secondary N) is 1. The second-order valence-electron chi connectivity index (χ2n) is 6.83. The van der Waals surface area contributed by atoms with Gasteiger partial charge in [-0.2, -0.15) is 5.10 Å². The Labute approximate surface area is 178 Å². The van der Waals surface area contributed by atoms with Crippen molar-refractivity contribution in [3.8, 4) is 0 Å². The van der Waals surface area contributed by atoms with Crippen LogP contribution in [0.25, 0.3) is 0 Å². The third kappa shape index (κ3) is 4.29. The second kappa shape index (κ2) is 8.27. The van der Waals surface area contributed by atoms with Crippen LogP contribution in [-0.4, -0.2) is 30.5 Å². The van der Waals surface area contributed by atoms with E-state index in [0.717, 1.165) is 12.8 Å². The van der Waals surface area contributed by atoms with Gasteiger partial charge < -0.3 is 0 Å². The Bertz CT molecular complexity index is 1080. The number of benzene rings is 1. The van der Waals surface area contributed by atoms with Gasteiger partial charge in [0.15, 0.2) is 0 Å². The van der Waals surface area contributed by atoms with Gasteiger partial charge in [-0.05, 0) is 25.0 Å². The van der Waals surface area contributed by atoms with Gasteiger partial charge in [0, 0.05) is 16.5 Å². The Morgan fingerprint density at radius 2 is 2.03 bits per heavy atom. The predicted molar refractivity (Wildman–Crippen MR) is 103 cm³/mol. The lowest BCUT2D eigenvalue weighted by Gasteiger charge is -2.07. The van der Waals surface area contributed by atoms with Crippen LogP contribution in [0.2, 0.25) is 10.0 Å². The third-order valence-electron chi connectivity index (χ3n) is 4.59. The number of alkyl halides is 2. The number of rotatable bonds is 7. The van der Waals surface area contributed by atoms with Crippen LogP contribution in [0.4, 0.5) is 19.1 Å². The monoisotopic (exact) mass is 458 g/mol. The van der Waals surface area contributed by atoms with E-state index in [-0.39, 0.29) is 40.6 Å². The lowest BCUT2D eigenvalue weighted by Crippen LogP contribution is -2.21. The third-order valence-corrected chi connectivity index (χ3v) is 5.33. The number of anilines is 1. The molecule has 0 aliphatic heterocycles. The normalized spacial score (nSPS) is 13.8. The maximum Gasteiger partial charge on any atom is 0.283 e. The average Bonchev–Trinajstić information content (AvgIpc) is 3.33. The number of hydrogen-bond donors (Lipinski definition) is 1. The van der Waals surface area contributed by atoms with Gasteiger partial charge >= 0.3 is 0 Å². The van der Waals surface area contributed by atoms with Crippen LogP contribution in [0.3, 0.4) is 0 Å². The Balaban J connectivity index is 1.45. The molecular weight excluding hydrogens is 444 g/mol. The molecule has 1 aliphatic carbocycles. The average molecular weight is 459 g/mol. The number of amides is 1. The van der Waals surface area contributed by atoms with E-state index in [0.29, 0.717) is 5.69 Å². The van der Waals surface area contributed by atoms with E-state index in [2.05, 4.69) is 20.5 Å². The van der Waals surface area contributed by atoms with Gasteiger partial charge in [0.25, 0.3) is 6.43 Å². The first kappa shape index (κ1) is 20.7. The first-order valence-corrected chi connectivity index (χ1v) is 9.75. The van der Waals surface area contributed by atoms with Crippen molar-refractivity contribution >= 4 is 35.1 Å². The molecule has 0 atom stereocenters. The molecule has 1 fully saturated rings. The van der Waals surface area contributed by atoms with E-state index in [1.54, 1.807) is 6.07 Å². The molecule has 2 heterocycles. The summed E-state index contributed by atoms with van der Waals surface area (Å²) in [6.45, 7) is -0.293. The lowest BCUT2D eigenvalue weighted by atomic mass is 10.2. The number of aromatic nitrogens is 5. The van der Waals surface area contributed by atoms with Crippen molar-refractivity contribution in [1.82, 2.24) is 24.5 Å². The van der Waals surface area contributed by atoms with E-state index in [1.165, 1.54) is 27.8 Å². The molecule has 2 aromatic heterocycles. The Hall–Kier alpha value is -2.59. The molecule has 0 bridgehead atoms. The van der Waals surface area contributed by atoms with Crippen molar-refractivity contribution in [2.45, 2.75) is 38.3 Å². The fraction of sp³-hybridized carbons (Fsp3) is 0.333. The van der Waals surface area contributed by atoms with Crippen molar-refractivity contribution in [3.63, 3.8) is 0 Å². The molecule has 3 aromatic rings. The molecule has 1 saturated carbocycles. The molecule has 4 rings (SSSR count). The zero-order valence-corrected chi connectivity index (χ0v) is 16.8. The van der Waals surface area contributed by atoms with Crippen molar-refractivity contribution in [2.75, 3.05) is 5.32 Å². The van der Waals surface area contributed by atoms with Gasteiger partial charge in [0.1, 0.15) is 24.4 Å². The van der Waals surface area contributed by atoms with Crippen LogP contribution in [-0.2, 0) is 17.9 Å². The van der Waals surface area contributed by atoms with Crippen molar-refractivity contribution in [1.29, 1.82) is 0 Å². The highest BCUT2D eigenvalue weighted by atomic mass is 35.5. The topological polar surface area (TPSA) is 77.6 Å². The molecule has 0 saturated heterocycles. The van der Waals surface area contributed by atoms with Gasteiger partial charge in [0.2, 0.25) is 11.9 Å². The van der Waals surface area contributed by atoms with Crippen molar-refractivity contribution in [3.05, 3.63) is 57.3 Å². The molecule has 12 heteroatoms. The molecule has 1 amide bonds. The summed E-state index contributed by atoms with van der Waals surface area (Å²) in [5.74, 6) is -1.04. The molecule has 1 N–H and O–H groups in total. The summed E-state index contributed by atoms with van der Waals surface area (Å²) in [5, 5.41) is 10.5. The van der Waals surface area contributed by atoms with Gasteiger partial charge in [-0.3, -0.25) is 14.8 Å². The van der Waals surface area contributed by atoms with Crippen LogP contribution in [0.15, 0.2) is 24.5 Å². The van der Waals surface area contributed by atoms with Crippen LogP contribution in [0.5, 0.6) is 0 Å². The summed E-state index contributed by atoms with van der Waals surface area (Å²) in [5.41, 5.74) is 0.145. The number of nitrogens with zero attached hydrogens (tertiary/aromatic N) is 5. The summed E-state index contributed by atoms with van der Waals surface area (Å²) in [4.78, 5) is 16.3. The highest BCUT2D eigenvalue weighted by Crippen LogP contribution is 2.45. The largest absolute Gasteiger partial charge is 0.292 e. The fourth-order valence-corrected chi connectivity index (χ4v) is 3.65. The van der Waals surface area contributed by atoms with Gasteiger partial charge in [-0.15, -0.1) is 5.10 Å². The SMILES string of the molecule is O=C(Cn1nc(C(F)F)c(Cl)c1C1CC1)Nc1ncn(Cc2c(F)cccc2Cl)n1. The molecule has 30 heavy (non-hydrogen) atoms. The van der Waals surface area contributed by atoms with Gasteiger partial charge in [-0.1, -0.05) is 29.3 Å². The minimum atomic E-state index is -2.83. The Kier molecular flexibility index (Phi) is 5.70. The number of hydrogen-bond acceptors (Lipinski definition) is 4. The highest BCUT2D eigenvalue weighted by Gasteiger charge is 2.34. The van der Waals surface area contributed by atoms with Crippen LogP contribution in [0.1, 0.15) is 42.1 Å². The smallest absolute Gasteiger partial charge is 0.283 e. The van der Waals surface area contributed by atoms with E-state index in [9.17, 15) is 18.0 Å². The Morgan fingerprint density at radius 3 is 2.70 bits per heavy atom. The molecule has 1 aromatic carbocycles. The fourth-order valence-electron chi connectivity index (χ4n) is 3.05. The zero-order chi connectivity index (χ0) is 21.4. The van der Waals surface area contributed by atoms with E-state index in [4.69, 9.17) is 23.2 Å². The summed E-state index contributed by atoms with van der Waals surface area (Å²) in [6, 6.07) is 4.33. The molecule has 158 valence electrons. The van der Waals surface area contributed by atoms with E-state index in [1.807, 2.05) is 0 Å². The minimum Gasteiger partial charge on any atom is -0.292 e. The molecule has 7 nitrogen and oxygen atoms in total. The van der Waals surface area contributed by atoms with E-state index >= 15 is 0 Å². The number of halogens is 5.